The van der Waals surface area contributed by atoms with Crippen LogP contribution in [0.4, 0.5) is 4.79 Å². The van der Waals surface area contributed by atoms with Crippen LogP contribution in [0, 0.1) is 5.92 Å². The van der Waals surface area contributed by atoms with Crippen molar-refractivity contribution in [2.75, 3.05) is 40.4 Å². The van der Waals surface area contributed by atoms with Gasteiger partial charge in [0.2, 0.25) is 5.91 Å². The van der Waals surface area contributed by atoms with Crippen LogP contribution >= 0.6 is 0 Å². The quantitative estimate of drug-likeness (QED) is 0.506. The number of urea groups is 1. The Hall–Kier alpha value is -2.97. The predicted octanol–water partition coefficient (Wildman–Crippen LogP) is 2.89. The molecule has 190 valence electrons. The highest BCUT2D eigenvalue weighted by Gasteiger charge is 2.35. The van der Waals surface area contributed by atoms with Gasteiger partial charge in [-0.15, -0.1) is 0 Å². The van der Waals surface area contributed by atoms with Gasteiger partial charge in [0.15, 0.2) is 0 Å². The summed E-state index contributed by atoms with van der Waals surface area (Å²) >= 11 is 0. The van der Waals surface area contributed by atoms with E-state index in [0.717, 1.165) is 19.3 Å². The first-order chi connectivity index (χ1) is 16.3. The highest BCUT2D eigenvalue weighted by atomic mass is 16.5. The van der Waals surface area contributed by atoms with Crippen LogP contribution in [0.1, 0.15) is 57.3 Å². The molecule has 4 amide bonds. The van der Waals surface area contributed by atoms with E-state index in [9.17, 15) is 14.4 Å². The Bertz CT molecular complexity index is 847. The average molecular weight is 477 g/mol. The fourth-order valence-corrected chi connectivity index (χ4v) is 4.02. The normalized spacial score (nSPS) is 17.5. The van der Waals surface area contributed by atoms with E-state index in [1.54, 1.807) is 35.1 Å². The molecule has 0 aromatic heterocycles. The van der Waals surface area contributed by atoms with Crippen LogP contribution in [-0.4, -0.2) is 80.1 Å². The molecule has 9 nitrogen and oxygen atoms in total. The zero-order valence-corrected chi connectivity index (χ0v) is 21.3. The maximum atomic E-state index is 13.5. The van der Waals surface area contributed by atoms with Crippen molar-refractivity contribution in [2.45, 2.75) is 59.0 Å². The number of hydrogen-bond acceptors (Lipinski definition) is 5. The Morgan fingerprint density at radius 3 is 2.47 bits per heavy atom. The molecule has 0 bridgehead atoms. The van der Waals surface area contributed by atoms with Crippen LogP contribution in [0.15, 0.2) is 18.2 Å². The summed E-state index contributed by atoms with van der Waals surface area (Å²) in [6.45, 7) is 9.93. The fourth-order valence-electron chi connectivity index (χ4n) is 4.02. The molecule has 1 aromatic rings. The maximum Gasteiger partial charge on any atom is 0.317 e. The Labute approximate surface area is 203 Å². The molecule has 2 N–H and O–H groups in total. The molecule has 1 aromatic carbocycles. The molecule has 1 heterocycles. The van der Waals surface area contributed by atoms with Crippen LogP contribution in [-0.2, 0) is 4.79 Å². The second-order valence-corrected chi connectivity index (χ2v) is 8.82. The van der Waals surface area contributed by atoms with E-state index in [1.165, 1.54) is 7.11 Å². The Kier molecular flexibility index (Phi) is 10.5. The van der Waals surface area contributed by atoms with Crippen molar-refractivity contribution in [3.05, 3.63) is 23.8 Å². The zero-order chi connectivity index (χ0) is 25.3. The van der Waals surface area contributed by atoms with Crippen LogP contribution in [0.2, 0.25) is 0 Å². The number of rotatable bonds is 10. The van der Waals surface area contributed by atoms with Gasteiger partial charge in [0.25, 0.3) is 5.91 Å². The van der Waals surface area contributed by atoms with E-state index in [0.29, 0.717) is 43.2 Å². The first-order valence-corrected chi connectivity index (χ1v) is 12.1. The lowest BCUT2D eigenvalue weighted by Crippen LogP contribution is -2.61. The van der Waals surface area contributed by atoms with Crippen LogP contribution < -0.4 is 20.1 Å². The highest BCUT2D eigenvalue weighted by Crippen LogP contribution is 2.25. The molecule has 0 spiro atoms. The third kappa shape index (κ3) is 6.77. The average Bonchev–Trinajstić information content (AvgIpc) is 2.85. The van der Waals surface area contributed by atoms with Gasteiger partial charge >= 0.3 is 6.03 Å². The first-order valence-electron chi connectivity index (χ1n) is 12.1. The molecule has 0 aliphatic carbocycles. The molecule has 2 rings (SSSR count). The molecule has 1 aliphatic rings. The lowest BCUT2D eigenvalue weighted by Gasteiger charge is -2.41. The topological polar surface area (TPSA) is 100 Å². The number of unbranched alkanes of at least 4 members (excludes halogenated alkanes) is 1. The van der Waals surface area contributed by atoms with Gasteiger partial charge in [-0.2, -0.15) is 0 Å². The van der Waals surface area contributed by atoms with Crippen LogP contribution in [0.3, 0.4) is 0 Å². The van der Waals surface area contributed by atoms with Crippen molar-refractivity contribution in [3.8, 4) is 11.5 Å². The second kappa shape index (κ2) is 13.1. The summed E-state index contributed by atoms with van der Waals surface area (Å²) in [6.07, 6.45) is 2.68. The summed E-state index contributed by atoms with van der Waals surface area (Å²) in [5.41, 5.74) is 0.339. The smallest absolute Gasteiger partial charge is 0.317 e. The summed E-state index contributed by atoms with van der Waals surface area (Å²) in [4.78, 5) is 42.6. The Balaban J connectivity index is 2.10. The van der Waals surface area contributed by atoms with Gasteiger partial charge in [0.1, 0.15) is 17.5 Å². The second-order valence-electron chi connectivity index (χ2n) is 8.82. The molecule has 1 fully saturated rings. The van der Waals surface area contributed by atoms with Crippen molar-refractivity contribution in [2.24, 2.45) is 5.92 Å². The Morgan fingerprint density at radius 2 is 1.88 bits per heavy atom. The molecule has 3 unspecified atom stereocenters. The minimum Gasteiger partial charge on any atom is -0.497 e. The van der Waals surface area contributed by atoms with E-state index in [-0.39, 0.29) is 29.8 Å². The lowest BCUT2D eigenvalue weighted by molar-refractivity contribution is -0.136. The van der Waals surface area contributed by atoms with Gasteiger partial charge in [-0.1, -0.05) is 33.6 Å². The summed E-state index contributed by atoms with van der Waals surface area (Å²) in [5, 5.41) is 5.88. The minimum absolute atomic E-state index is 0.0635. The van der Waals surface area contributed by atoms with Gasteiger partial charge in [-0.25, -0.2) is 4.79 Å². The van der Waals surface area contributed by atoms with Crippen molar-refractivity contribution >= 4 is 17.8 Å². The molecule has 0 radical (unpaired) electrons. The molecule has 34 heavy (non-hydrogen) atoms. The third-order valence-electron chi connectivity index (χ3n) is 6.43. The molecule has 3 atom stereocenters. The summed E-state index contributed by atoms with van der Waals surface area (Å²) in [7, 11) is 3.03. The van der Waals surface area contributed by atoms with Gasteiger partial charge in [-0.05, 0) is 31.4 Å². The van der Waals surface area contributed by atoms with Crippen LogP contribution in [0.5, 0.6) is 11.5 Å². The van der Waals surface area contributed by atoms with E-state index < -0.39 is 6.04 Å². The molecular formula is C25H40N4O5. The van der Waals surface area contributed by atoms with E-state index in [4.69, 9.17) is 9.47 Å². The largest absolute Gasteiger partial charge is 0.497 e. The predicted molar refractivity (Wildman–Crippen MR) is 131 cm³/mol. The van der Waals surface area contributed by atoms with E-state index >= 15 is 0 Å². The van der Waals surface area contributed by atoms with Crippen molar-refractivity contribution in [3.63, 3.8) is 0 Å². The number of amides is 4. The number of carbonyl (C=O) groups excluding carboxylic acids is 3. The number of nitrogens with one attached hydrogen (secondary N) is 2. The lowest BCUT2D eigenvalue weighted by atomic mass is 9.96. The first kappa shape index (κ1) is 27.3. The molecule has 1 saturated heterocycles. The summed E-state index contributed by atoms with van der Waals surface area (Å²) in [6, 6.07) is 4.07. The van der Waals surface area contributed by atoms with E-state index in [2.05, 4.69) is 17.6 Å². The van der Waals surface area contributed by atoms with Crippen molar-refractivity contribution in [1.29, 1.82) is 0 Å². The number of nitrogens with zero attached hydrogens (tertiary/aromatic N) is 2. The van der Waals surface area contributed by atoms with Gasteiger partial charge < -0.3 is 29.9 Å². The molecule has 9 heteroatoms. The zero-order valence-electron chi connectivity index (χ0n) is 21.3. The van der Waals surface area contributed by atoms with Crippen LogP contribution in [0.25, 0.3) is 0 Å². The number of carbonyl (C=O) groups is 3. The SMILES string of the molecule is CCCCNC(=O)N1CCN(C(=O)C(NC(=O)c2ccc(OC)cc2OC)C(C)CC)CC1C. The standard InChI is InChI=1S/C25H40N4O5/c1-7-9-12-26-25(32)29-14-13-28(16-18(29)4)24(31)22(17(3)8-2)27-23(30)20-11-10-19(33-5)15-21(20)34-6/h10-11,15,17-18,22H,7-9,12-14,16H2,1-6H3,(H,26,32)(H,27,30). The van der Waals surface area contributed by atoms with Crippen molar-refractivity contribution < 1.29 is 23.9 Å². The summed E-state index contributed by atoms with van der Waals surface area (Å²) in [5.74, 6) is 0.386. The fraction of sp³-hybridized carbons (Fsp3) is 0.640. The van der Waals surface area contributed by atoms with Gasteiger partial charge in [0, 0.05) is 38.3 Å². The number of ether oxygens (including phenoxy) is 2. The number of methoxy groups -OCH3 is 2. The monoisotopic (exact) mass is 476 g/mol. The Morgan fingerprint density at radius 1 is 1.15 bits per heavy atom. The highest BCUT2D eigenvalue weighted by molar-refractivity contribution is 6.00. The molecular weight excluding hydrogens is 436 g/mol. The number of piperazine rings is 1. The summed E-state index contributed by atoms with van der Waals surface area (Å²) < 4.78 is 10.6. The minimum atomic E-state index is -0.679. The number of benzene rings is 1. The van der Waals surface area contributed by atoms with E-state index in [1.807, 2.05) is 20.8 Å². The van der Waals surface area contributed by atoms with Crippen molar-refractivity contribution in [1.82, 2.24) is 20.4 Å². The third-order valence-corrected chi connectivity index (χ3v) is 6.43. The number of hydrogen-bond donors (Lipinski definition) is 2. The molecule has 1 aliphatic heterocycles. The maximum absolute atomic E-state index is 13.5. The van der Waals surface area contributed by atoms with Gasteiger partial charge in [0.05, 0.1) is 19.8 Å². The van der Waals surface area contributed by atoms with Gasteiger partial charge in [-0.3, -0.25) is 9.59 Å². The molecule has 0 saturated carbocycles.